The topological polar surface area (TPSA) is 110 Å². The Balaban J connectivity index is 0.000000223. The number of nitrogen functional groups attached to an aromatic ring is 1. The SMILES string of the molecule is CCN(CC)CCOC(=O)c1ccc(N)cc1.c1ncc2[nH]cnc2n1. The number of rotatable bonds is 6. The number of imidazole rings is 1. The van der Waals surface area contributed by atoms with Gasteiger partial charge in [-0.15, -0.1) is 0 Å². The molecule has 2 aromatic heterocycles. The van der Waals surface area contributed by atoms with Crippen LogP contribution in [0.2, 0.25) is 0 Å². The molecule has 0 radical (unpaired) electrons. The van der Waals surface area contributed by atoms with E-state index in [2.05, 4.69) is 38.7 Å². The third-order valence-corrected chi connectivity index (χ3v) is 3.78. The second-order valence-electron chi connectivity index (χ2n) is 5.45. The molecule has 0 saturated carbocycles. The lowest BCUT2D eigenvalue weighted by molar-refractivity contribution is 0.0466. The molecule has 0 fully saturated rings. The number of nitrogens with one attached hydrogen (secondary N) is 1. The standard InChI is InChI=1S/C13H20N2O2.C5H4N4/c1-3-15(4-2)9-10-17-13(16)11-5-7-12(14)8-6-11;1-4-5(8-2-6-1)9-3-7-4/h5-8H,3-4,9-10,14H2,1-2H3;1-3H,(H,6,7,8,9). The molecule has 3 aromatic rings. The summed E-state index contributed by atoms with van der Waals surface area (Å²) in [6.07, 6.45) is 4.76. The number of H-pyrrole nitrogens is 1. The van der Waals surface area contributed by atoms with Gasteiger partial charge < -0.3 is 20.4 Å². The van der Waals surface area contributed by atoms with Gasteiger partial charge in [-0.3, -0.25) is 0 Å². The molecule has 0 aliphatic heterocycles. The Hall–Kier alpha value is -3.00. The van der Waals surface area contributed by atoms with Crippen LogP contribution in [0.25, 0.3) is 11.2 Å². The van der Waals surface area contributed by atoms with Gasteiger partial charge in [0.05, 0.1) is 18.1 Å². The molecule has 8 heteroatoms. The van der Waals surface area contributed by atoms with Gasteiger partial charge in [0.1, 0.15) is 18.5 Å². The van der Waals surface area contributed by atoms with E-state index in [1.807, 2.05) is 0 Å². The van der Waals surface area contributed by atoms with E-state index in [0.717, 1.165) is 25.2 Å². The fraction of sp³-hybridized carbons (Fsp3) is 0.333. The highest BCUT2D eigenvalue weighted by Gasteiger charge is 2.07. The molecular formula is C18H24N6O2. The fourth-order valence-corrected chi connectivity index (χ4v) is 2.20. The number of esters is 1. The van der Waals surface area contributed by atoms with Gasteiger partial charge in [-0.05, 0) is 37.4 Å². The van der Waals surface area contributed by atoms with Crippen LogP contribution >= 0.6 is 0 Å². The van der Waals surface area contributed by atoms with Crippen LogP contribution in [0.5, 0.6) is 0 Å². The van der Waals surface area contributed by atoms with Gasteiger partial charge in [0.25, 0.3) is 0 Å². The number of likely N-dealkylation sites (N-methyl/N-ethyl adjacent to an activating group) is 1. The molecule has 0 aliphatic rings. The quantitative estimate of drug-likeness (QED) is 0.514. The summed E-state index contributed by atoms with van der Waals surface area (Å²) >= 11 is 0. The van der Waals surface area contributed by atoms with E-state index in [9.17, 15) is 4.79 Å². The zero-order chi connectivity index (χ0) is 18.8. The number of nitrogens with two attached hydrogens (primary N) is 1. The maximum atomic E-state index is 11.6. The molecule has 0 atom stereocenters. The van der Waals surface area contributed by atoms with Crippen molar-refractivity contribution in [2.75, 3.05) is 32.0 Å². The number of carbonyl (C=O) groups is 1. The second kappa shape index (κ2) is 10.1. The molecule has 1 aromatic carbocycles. The van der Waals surface area contributed by atoms with Crippen molar-refractivity contribution >= 4 is 22.8 Å². The normalized spacial score (nSPS) is 10.4. The van der Waals surface area contributed by atoms with E-state index < -0.39 is 0 Å². The number of fused-ring (bicyclic) bond motifs is 1. The fourth-order valence-electron chi connectivity index (χ4n) is 2.20. The van der Waals surface area contributed by atoms with Gasteiger partial charge in [0.15, 0.2) is 5.65 Å². The van der Waals surface area contributed by atoms with Crippen LogP contribution < -0.4 is 5.73 Å². The van der Waals surface area contributed by atoms with Gasteiger partial charge in [-0.25, -0.2) is 19.7 Å². The minimum atomic E-state index is -0.294. The van der Waals surface area contributed by atoms with E-state index in [1.165, 1.54) is 6.33 Å². The first kappa shape index (κ1) is 19.3. The predicted octanol–water partition coefficient (Wildman–Crippen LogP) is 2.12. The summed E-state index contributed by atoms with van der Waals surface area (Å²) in [5.41, 5.74) is 8.31. The molecule has 0 amide bonds. The summed E-state index contributed by atoms with van der Waals surface area (Å²) < 4.78 is 5.18. The van der Waals surface area contributed by atoms with E-state index >= 15 is 0 Å². The van der Waals surface area contributed by atoms with Crippen LogP contribution in [0.1, 0.15) is 24.2 Å². The molecule has 26 heavy (non-hydrogen) atoms. The lowest BCUT2D eigenvalue weighted by Crippen LogP contribution is -2.27. The number of anilines is 1. The molecule has 0 aliphatic carbocycles. The molecule has 0 saturated heterocycles. The molecule has 0 spiro atoms. The van der Waals surface area contributed by atoms with Crippen molar-refractivity contribution in [2.24, 2.45) is 0 Å². The number of hydrogen-bond acceptors (Lipinski definition) is 7. The zero-order valence-electron chi connectivity index (χ0n) is 15.1. The first-order valence-corrected chi connectivity index (χ1v) is 8.48. The Morgan fingerprint density at radius 1 is 1.19 bits per heavy atom. The van der Waals surface area contributed by atoms with Crippen molar-refractivity contribution < 1.29 is 9.53 Å². The molecule has 0 unspecified atom stereocenters. The molecule has 3 N–H and O–H groups in total. The third-order valence-electron chi connectivity index (χ3n) is 3.78. The van der Waals surface area contributed by atoms with Crippen LogP contribution in [0, 0.1) is 0 Å². The van der Waals surface area contributed by atoms with Gasteiger partial charge in [-0.1, -0.05) is 13.8 Å². The van der Waals surface area contributed by atoms with Crippen molar-refractivity contribution in [2.45, 2.75) is 13.8 Å². The first-order chi connectivity index (χ1) is 12.6. The summed E-state index contributed by atoms with van der Waals surface area (Å²) in [7, 11) is 0. The van der Waals surface area contributed by atoms with Crippen molar-refractivity contribution in [1.29, 1.82) is 0 Å². The third kappa shape index (κ3) is 5.82. The van der Waals surface area contributed by atoms with Gasteiger partial charge in [0.2, 0.25) is 0 Å². The van der Waals surface area contributed by atoms with E-state index in [4.69, 9.17) is 10.5 Å². The molecule has 0 bridgehead atoms. The minimum absolute atomic E-state index is 0.294. The van der Waals surface area contributed by atoms with Gasteiger partial charge in [0, 0.05) is 12.2 Å². The summed E-state index contributed by atoms with van der Waals surface area (Å²) in [4.78, 5) is 28.3. The van der Waals surface area contributed by atoms with E-state index in [1.54, 1.807) is 36.8 Å². The lowest BCUT2D eigenvalue weighted by atomic mass is 10.2. The number of benzene rings is 1. The van der Waals surface area contributed by atoms with Gasteiger partial charge in [-0.2, -0.15) is 0 Å². The largest absolute Gasteiger partial charge is 0.461 e. The second-order valence-corrected chi connectivity index (χ2v) is 5.45. The summed E-state index contributed by atoms with van der Waals surface area (Å²) in [5, 5.41) is 0. The summed E-state index contributed by atoms with van der Waals surface area (Å²) in [5.74, 6) is -0.294. The average molecular weight is 356 g/mol. The smallest absolute Gasteiger partial charge is 0.338 e. The van der Waals surface area contributed by atoms with E-state index in [0.29, 0.717) is 23.5 Å². The van der Waals surface area contributed by atoms with Crippen molar-refractivity contribution in [3.8, 4) is 0 Å². The molecule has 2 heterocycles. The average Bonchev–Trinajstić information content (AvgIpc) is 3.15. The molecule has 3 rings (SSSR count). The molecule has 8 nitrogen and oxygen atoms in total. The van der Waals surface area contributed by atoms with Crippen LogP contribution in [-0.2, 0) is 4.74 Å². The Kier molecular flexibility index (Phi) is 7.50. The maximum Gasteiger partial charge on any atom is 0.338 e. The highest BCUT2D eigenvalue weighted by molar-refractivity contribution is 5.89. The lowest BCUT2D eigenvalue weighted by Gasteiger charge is -2.17. The number of hydrogen-bond donors (Lipinski definition) is 2. The zero-order valence-corrected chi connectivity index (χ0v) is 15.1. The highest BCUT2D eigenvalue weighted by atomic mass is 16.5. The Morgan fingerprint density at radius 2 is 1.92 bits per heavy atom. The highest BCUT2D eigenvalue weighted by Crippen LogP contribution is 2.06. The summed E-state index contributed by atoms with van der Waals surface area (Å²) in [6, 6.07) is 6.74. The molecular weight excluding hydrogens is 332 g/mol. The Morgan fingerprint density at radius 3 is 2.58 bits per heavy atom. The van der Waals surface area contributed by atoms with Crippen molar-refractivity contribution in [3.63, 3.8) is 0 Å². The van der Waals surface area contributed by atoms with Crippen LogP contribution in [0.15, 0.2) is 43.1 Å². The van der Waals surface area contributed by atoms with Crippen LogP contribution in [-0.4, -0.2) is 57.0 Å². The minimum Gasteiger partial charge on any atom is -0.461 e. The maximum absolute atomic E-state index is 11.6. The number of nitrogens with zero attached hydrogens (tertiary/aromatic N) is 4. The van der Waals surface area contributed by atoms with Gasteiger partial charge >= 0.3 is 5.97 Å². The van der Waals surface area contributed by atoms with Crippen LogP contribution in [0.4, 0.5) is 5.69 Å². The van der Waals surface area contributed by atoms with Crippen molar-refractivity contribution in [1.82, 2.24) is 24.8 Å². The number of ether oxygens (including phenoxy) is 1. The first-order valence-electron chi connectivity index (χ1n) is 8.48. The number of carbonyl (C=O) groups excluding carboxylic acids is 1. The van der Waals surface area contributed by atoms with Crippen LogP contribution in [0.3, 0.4) is 0 Å². The summed E-state index contributed by atoms with van der Waals surface area (Å²) in [6.45, 7) is 7.31. The number of aromatic nitrogens is 4. The Labute approximate surface area is 152 Å². The van der Waals surface area contributed by atoms with Crippen molar-refractivity contribution in [3.05, 3.63) is 48.7 Å². The number of aromatic amines is 1. The Bertz CT molecular complexity index is 769. The molecule has 138 valence electrons. The monoisotopic (exact) mass is 356 g/mol. The van der Waals surface area contributed by atoms with E-state index in [-0.39, 0.29) is 5.97 Å². The predicted molar refractivity (Wildman–Crippen MR) is 101 cm³/mol.